The number of nitrogens with zero attached hydrogens (tertiary/aromatic N) is 3. The van der Waals surface area contributed by atoms with E-state index < -0.39 is 6.10 Å². The number of aliphatic hydroxyl groups excluding tert-OH is 1. The van der Waals surface area contributed by atoms with Crippen LogP contribution in [0.1, 0.15) is 25.6 Å². The van der Waals surface area contributed by atoms with E-state index >= 15 is 0 Å². The van der Waals surface area contributed by atoms with Gasteiger partial charge >= 0.3 is 0 Å². The van der Waals surface area contributed by atoms with Crippen molar-refractivity contribution in [1.29, 1.82) is 0 Å². The molecular weight excluding hydrogens is 290 g/mol. The molecule has 2 heterocycles. The van der Waals surface area contributed by atoms with Crippen LogP contribution in [0.3, 0.4) is 0 Å². The van der Waals surface area contributed by atoms with Gasteiger partial charge in [0.1, 0.15) is 5.82 Å². The normalized spacial score (nSPS) is 18.4. The Morgan fingerprint density at radius 2 is 1.96 bits per heavy atom. The molecule has 1 N–H and O–H groups in total. The van der Waals surface area contributed by atoms with Gasteiger partial charge in [-0.25, -0.2) is 4.98 Å². The van der Waals surface area contributed by atoms with Gasteiger partial charge in [0.05, 0.1) is 23.6 Å². The zero-order valence-corrected chi connectivity index (χ0v) is 13.9. The van der Waals surface area contributed by atoms with Crippen LogP contribution in [-0.2, 0) is 6.54 Å². The third-order valence-electron chi connectivity index (χ3n) is 4.79. The summed E-state index contributed by atoms with van der Waals surface area (Å²) in [6.07, 6.45) is 1.81. The topological polar surface area (TPSA) is 58.4 Å². The van der Waals surface area contributed by atoms with E-state index in [2.05, 4.69) is 16.8 Å². The van der Waals surface area contributed by atoms with Gasteiger partial charge in [0.15, 0.2) is 0 Å². The van der Waals surface area contributed by atoms with Gasteiger partial charge in [-0.2, -0.15) is 0 Å². The number of aromatic nitrogens is 2. The summed E-state index contributed by atoms with van der Waals surface area (Å²) < 4.78 is 1.60. The molecule has 0 aliphatic carbocycles. The second-order valence-electron chi connectivity index (χ2n) is 6.73. The molecule has 3 rings (SSSR count). The number of fused-ring (bicyclic) bond motifs is 1. The molecule has 1 aliphatic heterocycles. The number of hydrogen-bond acceptors (Lipinski definition) is 4. The van der Waals surface area contributed by atoms with Crippen molar-refractivity contribution in [2.45, 2.75) is 39.3 Å². The Kier molecular flexibility index (Phi) is 4.78. The van der Waals surface area contributed by atoms with Gasteiger partial charge in [0, 0.05) is 6.54 Å². The number of benzene rings is 1. The molecule has 1 aliphatic rings. The molecule has 2 aromatic rings. The maximum absolute atomic E-state index is 12.6. The maximum Gasteiger partial charge on any atom is 0.261 e. The highest BCUT2D eigenvalue weighted by atomic mass is 16.3. The number of hydrogen-bond donors (Lipinski definition) is 1. The highest BCUT2D eigenvalue weighted by Crippen LogP contribution is 2.16. The number of aliphatic hydroxyl groups is 1. The van der Waals surface area contributed by atoms with Gasteiger partial charge in [-0.1, -0.05) is 19.1 Å². The van der Waals surface area contributed by atoms with Crippen molar-refractivity contribution in [3.63, 3.8) is 0 Å². The zero-order chi connectivity index (χ0) is 16.4. The molecule has 1 aromatic carbocycles. The van der Waals surface area contributed by atoms with E-state index in [1.54, 1.807) is 10.6 Å². The van der Waals surface area contributed by atoms with Crippen molar-refractivity contribution in [3.8, 4) is 0 Å². The average Bonchev–Trinajstić information content (AvgIpc) is 2.54. The molecule has 1 saturated heterocycles. The molecule has 0 radical (unpaired) electrons. The van der Waals surface area contributed by atoms with Crippen LogP contribution in [-0.4, -0.2) is 45.3 Å². The molecule has 1 fully saturated rings. The molecule has 5 nitrogen and oxygen atoms in total. The summed E-state index contributed by atoms with van der Waals surface area (Å²) >= 11 is 0. The smallest absolute Gasteiger partial charge is 0.261 e. The van der Waals surface area contributed by atoms with Crippen molar-refractivity contribution in [1.82, 2.24) is 14.5 Å². The summed E-state index contributed by atoms with van der Waals surface area (Å²) in [5.74, 6) is 1.43. The maximum atomic E-state index is 12.6. The first-order valence-electron chi connectivity index (χ1n) is 8.41. The minimum Gasteiger partial charge on any atom is -0.390 e. The molecule has 0 spiro atoms. The number of piperidine rings is 1. The summed E-state index contributed by atoms with van der Waals surface area (Å²) in [6.45, 7) is 7.07. The summed E-state index contributed by atoms with van der Waals surface area (Å²) in [4.78, 5) is 19.4. The second-order valence-corrected chi connectivity index (χ2v) is 6.73. The van der Waals surface area contributed by atoms with Crippen LogP contribution in [0.25, 0.3) is 10.9 Å². The van der Waals surface area contributed by atoms with E-state index in [-0.39, 0.29) is 5.56 Å². The lowest BCUT2D eigenvalue weighted by Gasteiger charge is -2.31. The Morgan fingerprint density at radius 1 is 1.26 bits per heavy atom. The van der Waals surface area contributed by atoms with Crippen molar-refractivity contribution in [3.05, 3.63) is 40.4 Å². The predicted octanol–water partition coefficient (Wildman–Crippen LogP) is 1.80. The van der Waals surface area contributed by atoms with Crippen LogP contribution in [0.15, 0.2) is 29.1 Å². The summed E-state index contributed by atoms with van der Waals surface area (Å²) in [5.41, 5.74) is 0.644. The van der Waals surface area contributed by atoms with Crippen molar-refractivity contribution < 1.29 is 5.11 Å². The fraction of sp³-hybridized carbons (Fsp3) is 0.556. The van der Waals surface area contributed by atoms with Crippen LogP contribution in [0, 0.1) is 12.8 Å². The van der Waals surface area contributed by atoms with Gasteiger partial charge in [-0.3, -0.25) is 9.36 Å². The molecule has 0 bridgehead atoms. The van der Waals surface area contributed by atoms with Crippen LogP contribution in [0.5, 0.6) is 0 Å². The minimum absolute atomic E-state index is 0.0700. The third kappa shape index (κ3) is 3.62. The van der Waals surface area contributed by atoms with Gasteiger partial charge < -0.3 is 10.0 Å². The molecule has 1 atom stereocenters. The van der Waals surface area contributed by atoms with E-state index in [1.807, 2.05) is 25.1 Å². The predicted molar refractivity (Wildman–Crippen MR) is 91.6 cm³/mol. The molecule has 1 aromatic heterocycles. The summed E-state index contributed by atoms with van der Waals surface area (Å²) in [5, 5.41) is 11.0. The van der Waals surface area contributed by atoms with Crippen LogP contribution >= 0.6 is 0 Å². The van der Waals surface area contributed by atoms with Gasteiger partial charge in [-0.05, 0) is 50.9 Å². The fourth-order valence-electron chi connectivity index (χ4n) is 3.31. The van der Waals surface area contributed by atoms with Gasteiger partial charge in [0.2, 0.25) is 0 Å². The molecule has 1 unspecified atom stereocenters. The first-order chi connectivity index (χ1) is 11.0. The minimum atomic E-state index is -0.553. The Bertz CT molecular complexity index is 733. The second kappa shape index (κ2) is 6.81. The average molecular weight is 315 g/mol. The molecule has 5 heteroatoms. The lowest BCUT2D eigenvalue weighted by Crippen LogP contribution is -2.41. The lowest BCUT2D eigenvalue weighted by molar-refractivity contribution is 0.0789. The molecule has 124 valence electrons. The van der Waals surface area contributed by atoms with E-state index in [0.29, 0.717) is 29.8 Å². The Labute approximate surface area is 136 Å². The fourth-order valence-corrected chi connectivity index (χ4v) is 3.31. The van der Waals surface area contributed by atoms with E-state index in [0.717, 1.165) is 19.0 Å². The molecule has 0 saturated carbocycles. The van der Waals surface area contributed by atoms with Crippen molar-refractivity contribution in [2.24, 2.45) is 5.92 Å². The van der Waals surface area contributed by atoms with Crippen LogP contribution < -0.4 is 5.56 Å². The SMILES string of the molecule is Cc1nc2ccccc2c(=O)n1CC(O)CN1CCC(C)CC1. The number of para-hydroxylation sites is 1. The number of likely N-dealkylation sites (tertiary alicyclic amines) is 1. The Balaban J connectivity index is 1.74. The summed E-state index contributed by atoms with van der Waals surface area (Å²) in [6, 6.07) is 7.36. The highest BCUT2D eigenvalue weighted by Gasteiger charge is 2.19. The highest BCUT2D eigenvalue weighted by molar-refractivity contribution is 5.77. The van der Waals surface area contributed by atoms with Gasteiger partial charge in [0.25, 0.3) is 5.56 Å². The Hall–Kier alpha value is -1.72. The van der Waals surface area contributed by atoms with Crippen LogP contribution in [0.4, 0.5) is 0 Å². The molecule has 23 heavy (non-hydrogen) atoms. The first-order valence-corrected chi connectivity index (χ1v) is 8.41. The number of rotatable bonds is 4. The van der Waals surface area contributed by atoms with Gasteiger partial charge in [-0.15, -0.1) is 0 Å². The largest absolute Gasteiger partial charge is 0.390 e. The standard InChI is InChI=1S/C18H25N3O2/c1-13-7-9-20(10-8-13)11-15(22)12-21-14(2)19-17-6-4-3-5-16(17)18(21)23/h3-6,13,15,22H,7-12H2,1-2H3. The zero-order valence-electron chi connectivity index (χ0n) is 13.9. The van der Waals surface area contributed by atoms with Crippen LogP contribution in [0.2, 0.25) is 0 Å². The first kappa shape index (κ1) is 16.1. The van der Waals surface area contributed by atoms with Crippen molar-refractivity contribution in [2.75, 3.05) is 19.6 Å². The molecular formula is C18H25N3O2. The lowest BCUT2D eigenvalue weighted by atomic mass is 9.99. The number of aryl methyl sites for hydroxylation is 1. The van der Waals surface area contributed by atoms with Crippen molar-refractivity contribution >= 4 is 10.9 Å². The molecule has 0 amide bonds. The van der Waals surface area contributed by atoms with E-state index in [4.69, 9.17) is 0 Å². The van der Waals surface area contributed by atoms with E-state index in [9.17, 15) is 9.90 Å². The third-order valence-corrected chi connectivity index (χ3v) is 4.79. The quantitative estimate of drug-likeness (QED) is 0.935. The number of β-amino-alcohol motifs (C(OH)–C–C–N with tert-alkyl or cyclic N) is 1. The summed E-state index contributed by atoms with van der Waals surface area (Å²) in [7, 11) is 0. The monoisotopic (exact) mass is 315 g/mol. The Morgan fingerprint density at radius 3 is 2.70 bits per heavy atom. The van der Waals surface area contributed by atoms with E-state index in [1.165, 1.54) is 12.8 Å².